The first-order valence-corrected chi connectivity index (χ1v) is 6.75. The molecule has 0 aliphatic rings. The SMILES string of the molecule is NCCc1nnc(CCCc2ccccc2)s1. The fourth-order valence-electron chi connectivity index (χ4n) is 1.70. The quantitative estimate of drug-likeness (QED) is 0.851. The molecule has 2 aromatic rings. The highest BCUT2D eigenvalue weighted by Gasteiger charge is 2.03. The predicted octanol–water partition coefficient (Wildman–Crippen LogP) is 2.21. The van der Waals surface area contributed by atoms with E-state index in [0.29, 0.717) is 6.54 Å². The van der Waals surface area contributed by atoms with Crippen molar-refractivity contribution in [1.82, 2.24) is 10.2 Å². The molecule has 4 heteroatoms. The van der Waals surface area contributed by atoms with Gasteiger partial charge >= 0.3 is 0 Å². The van der Waals surface area contributed by atoms with Crippen molar-refractivity contribution in [2.24, 2.45) is 5.73 Å². The van der Waals surface area contributed by atoms with Crippen LogP contribution >= 0.6 is 11.3 Å². The first-order valence-electron chi connectivity index (χ1n) is 5.94. The Balaban J connectivity index is 1.78. The Hall–Kier alpha value is -1.26. The molecule has 0 unspecified atom stereocenters. The minimum atomic E-state index is 0.651. The Morgan fingerprint density at radius 3 is 2.35 bits per heavy atom. The lowest BCUT2D eigenvalue weighted by Crippen LogP contribution is -2.01. The molecule has 0 radical (unpaired) electrons. The Labute approximate surface area is 106 Å². The van der Waals surface area contributed by atoms with Crippen molar-refractivity contribution in [3.05, 3.63) is 45.9 Å². The summed E-state index contributed by atoms with van der Waals surface area (Å²) in [6, 6.07) is 10.5. The molecular formula is C13H17N3S. The maximum absolute atomic E-state index is 5.48. The highest BCUT2D eigenvalue weighted by atomic mass is 32.1. The maximum atomic E-state index is 5.48. The van der Waals surface area contributed by atoms with Gasteiger partial charge in [0, 0.05) is 12.8 Å². The topological polar surface area (TPSA) is 51.8 Å². The smallest absolute Gasteiger partial charge is 0.118 e. The van der Waals surface area contributed by atoms with E-state index in [1.807, 2.05) is 6.07 Å². The molecule has 1 aromatic heterocycles. The van der Waals surface area contributed by atoms with E-state index in [1.54, 1.807) is 11.3 Å². The molecule has 2 N–H and O–H groups in total. The Kier molecular flexibility index (Phi) is 4.64. The summed E-state index contributed by atoms with van der Waals surface area (Å²) in [5.41, 5.74) is 6.87. The van der Waals surface area contributed by atoms with Gasteiger partial charge in [-0.15, -0.1) is 21.5 Å². The van der Waals surface area contributed by atoms with Gasteiger partial charge in [-0.05, 0) is 24.9 Å². The highest BCUT2D eigenvalue weighted by molar-refractivity contribution is 7.11. The average Bonchev–Trinajstić information content (AvgIpc) is 2.79. The summed E-state index contributed by atoms with van der Waals surface area (Å²) in [4.78, 5) is 0. The van der Waals surface area contributed by atoms with Gasteiger partial charge in [-0.3, -0.25) is 0 Å². The van der Waals surface area contributed by atoms with Crippen LogP contribution < -0.4 is 5.73 Å². The molecule has 0 saturated heterocycles. The first kappa shape index (κ1) is 12.2. The number of nitrogens with two attached hydrogens (primary N) is 1. The van der Waals surface area contributed by atoms with Crippen LogP contribution in [0.25, 0.3) is 0 Å². The van der Waals surface area contributed by atoms with Crippen molar-refractivity contribution in [2.75, 3.05) is 6.54 Å². The Morgan fingerprint density at radius 2 is 1.65 bits per heavy atom. The zero-order valence-electron chi connectivity index (χ0n) is 9.80. The average molecular weight is 247 g/mol. The van der Waals surface area contributed by atoms with E-state index in [-0.39, 0.29) is 0 Å². The number of hydrogen-bond acceptors (Lipinski definition) is 4. The van der Waals surface area contributed by atoms with Crippen LogP contribution in [0.1, 0.15) is 22.0 Å². The van der Waals surface area contributed by atoms with Gasteiger partial charge in [0.25, 0.3) is 0 Å². The normalized spacial score (nSPS) is 10.6. The summed E-state index contributed by atoms with van der Waals surface area (Å²) >= 11 is 1.69. The summed E-state index contributed by atoms with van der Waals surface area (Å²) < 4.78 is 0. The van der Waals surface area contributed by atoms with Crippen molar-refractivity contribution in [1.29, 1.82) is 0 Å². The lowest BCUT2D eigenvalue weighted by atomic mass is 10.1. The molecule has 1 heterocycles. The second-order valence-corrected chi connectivity index (χ2v) is 5.11. The fourth-order valence-corrected chi connectivity index (χ4v) is 2.60. The molecule has 0 spiro atoms. The van der Waals surface area contributed by atoms with E-state index in [0.717, 1.165) is 35.7 Å². The molecule has 3 nitrogen and oxygen atoms in total. The molecule has 0 amide bonds. The van der Waals surface area contributed by atoms with Crippen LogP contribution in [0.15, 0.2) is 30.3 Å². The van der Waals surface area contributed by atoms with Gasteiger partial charge in [-0.25, -0.2) is 0 Å². The molecule has 0 saturated carbocycles. The van der Waals surface area contributed by atoms with E-state index in [9.17, 15) is 0 Å². The minimum Gasteiger partial charge on any atom is -0.330 e. The Bertz CT molecular complexity index is 439. The van der Waals surface area contributed by atoms with Gasteiger partial charge in [-0.2, -0.15) is 0 Å². The predicted molar refractivity (Wildman–Crippen MR) is 71.1 cm³/mol. The Morgan fingerprint density at radius 1 is 0.941 bits per heavy atom. The summed E-state index contributed by atoms with van der Waals surface area (Å²) in [5, 5.41) is 10.5. The van der Waals surface area contributed by atoms with Gasteiger partial charge in [-0.1, -0.05) is 30.3 Å². The number of aromatic nitrogens is 2. The number of hydrogen-bond donors (Lipinski definition) is 1. The van der Waals surface area contributed by atoms with Gasteiger partial charge in [0.1, 0.15) is 10.0 Å². The maximum Gasteiger partial charge on any atom is 0.118 e. The molecule has 0 atom stereocenters. The lowest BCUT2D eigenvalue weighted by Gasteiger charge is -1.98. The number of aryl methyl sites for hydroxylation is 2. The summed E-state index contributed by atoms with van der Waals surface area (Å²) in [7, 11) is 0. The van der Waals surface area contributed by atoms with Gasteiger partial charge in [0.15, 0.2) is 0 Å². The van der Waals surface area contributed by atoms with E-state index in [2.05, 4.69) is 34.5 Å². The molecular weight excluding hydrogens is 230 g/mol. The molecule has 0 aliphatic heterocycles. The van der Waals surface area contributed by atoms with Gasteiger partial charge in [0.2, 0.25) is 0 Å². The summed E-state index contributed by atoms with van der Waals surface area (Å²) in [5.74, 6) is 0. The molecule has 2 rings (SSSR count). The first-order chi connectivity index (χ1) is 8.38. The van der Waals surface area contributed by atoms with E-state index < -0.39 is 0 Å². The second kappa shape index (κ2) is 6.47. The molecule has 0 aliphatic carbocycles. The van der Waals surface area contributed by atoms with Crippen LogP contribution in [0.4, 0.5) is 0 Å². The van der Waals surface area contributed by atoms with Crippen molar-refractivity contribution in [2.45, 2.75) is 25.7 Å². The summed E-state index contributed by atoms with van der Waals surface area (Å²) in [6.07, 6.45) is 4.08. The third-order valence-electron chi connectivity index (χ3n) is 2.57. The fraction of sp³-hybridized carbons (Fsp3) is 0.385. The van der Waals surface area contributed by atoms with Gasteiger partial charge in [0.05, 0.1) is 0 Å². The molecule has 1 aromatic carbocycles. The van der Waals surface area contributed by atoms with Crippen molar-refractivity contribution < 1.29 is 0 Å². The molecule has 17 heavy (non-hydrogen) atoms. The third-order valence-corrected chi connectivity index (χ3v) is 3.61. The van der Waals surface area contributed by atoms with Crippen LogP contribution in [0.2, 0.25) is 0 Å². The van der Waals surface area contributed by atoms with Gasteiger partial charge < -0.3 is 5.73 Å². The van der Waals surface area contributed by atoms with Crippen LogP contribution in [-0.2, 0) is 19.3 Å². The largest absolute Gasteiger partial charge is 0.330 e. The number of nitrogens with zero attached hydrogens (tertiary/aromatic N) is 2. The van der Waals surface area contributed by atoms with E-state index in [1.165, 1.54) is 5.56 Å². The number of benzene rings is 1. The lowest BCUT2D eigenvalue weighted by molar-refractivity contribution is 0.797. The summed E-state index contributed by atoms with van der Waals surface area (Å²) in [6.45, 7) is 0.651. The minimum absolute atomic E-state index is 0.651. The standard InChI is InChI=1S/C13H17N3S/c14-10-9-13-16-15-12(17-13)8-4-7-11-5-2-1-3-6-11/h1-3,5-6H,4,7-10,14H2. The molecule has 0 bridgehead atoms. The van der Waals surface area contributed by atoms with Crippen molar-refractivity contribution in [3.63, 3.8) is 0 Å². The number of rotatable bonds is 6. The molecule has 90 valence electrons. The van der Waals surface area contributed by atoms with Crippen LogP contribution in [0.3, 0.4) is 0 Å². The van der Waals surface area contributed by atoms with Crippen LogP contribution in [0.5, 0.6) is 0 Å². The van der Waals surface area contributed by atoms with Crippen LogP contribution in [0, 0.1) is 0 Å². The zero-order chi connectivity index (χ0) is 11.9. The van der Waals surface area contributed by atoms with Crippen molar-refractivity contribution >= 4 is 11.3 Å². The highest BCUT2D eigenvalue weighted by Crippen LogP contribution is 2.13. The monoisotopic (exact) mass is 247 g/mol. The second-order valence-electron chi connectivity index (χ2n) is 3.97. The molecule has 0 fully saturated rings. The van der Waals surface area contributed by atoms with Crippen LogP contribution in [-0.4, -0.2) is 16.7 Å². The van der Waals surface area contributed by atoms with E-state index >= 15 is 0 Å². The third kappa shape index (κ3) is 3.91. The van der Waals surface area contributed by atoms with Crippen molar-refractivity contribution in [3.8, 4) is 0 Å². The van der Waals surface area contributed by atoms with E-state index in [4.69, 9.17) is 5.73 Å². The zero-order valence-corrected chi connectivity index (χ0v) is 10.6.